The normalized spacial score (nSPS) is 22.5. The molecule has 1 saturated carbocycles. The Bertz CT molecular complexity index is 744. The quantitative estimate of drug-likeness (QED) is 0.737. The van der Waals surface area contributed by atoms with E-state index in [4.69, 9.17) is 9.47 Å². The fraction of sp³-hybridized carbons (Fsp3) is 0.700. The number of hydrogen-bond donors (Lipinski definition) is 0. The van der Waals surface area contributed by atoms with Crippen LogP contribution in [0.3, 0.4) is 0 Å². The standard InChI is InChI=1S/C20H29N5O4/c1-20(5-6-20)29-19(27)24-7-3-15(4-8-24)14-28-17-12-21-16(11-22-17)25-10-9-23(2)13-18(25)26/h11-12,15H,3-10,13-14H2,1-2H3. The summed E-state index contributed by atoms with van der Waals surface area (Å²) in [6, 6.07) is 0. The summed E-state index contributed by atoms with van der Waals surface area (Å²) in [6.07, 6.45) is 6.67. The Morgan fingerprint density at radius 1 is 1.17 bits per heavy atom. The molecular weight excluding hydrogens is 374 g/mol. The van der Waals surface area contributed by atoms with Crippen molar-refractivity contribution < 1.29 is 19.1 Å². The molecule has 0 spiro atoms. The first-order valence-electron chi connectivity index (χ1n) is 10.3. The van der Waals surface area contributed by atoms with Gasteiger partial charge in [0.15, 0.2) is 5.82 Å². The molecule has 0 aromatic carbocycles. The van der Waals surface area contributed by atoms with E-state index < -0.39 is 0 Å². The van der Waals surface area contributed by atoms with E-state index in [1.54, 1.807) is 22.2 Å². The van der Waals surface area contributed by atoms with Gasteiger partial charge in [0, 0.05) is 26.2 Å². The zero-order valence-electron chi connectivity index (χ0n) is 17.2. The van der Waals surface area contributed by atoms with E-state index in [9.17, 15) is 9.59 Å². The van der Waals surface area contributed by atoms with Crippen LogP contribution < -0.4 is 9.64 Å². The number of aromatic nitrogens is 2. The third kappa shape index (κ3) is 4.95. The molecule has 0 bridgehead atoms. The van der Waals surface area contributed by atoms with Crippen molar-refractivity contribution in [3.05, 3.63) is 12.4 Å². The first kappa shape index (κ1) is 19.9. The van der Waals surface area contributed by atoms with Crippen LogP contribution in [0.1, 0.15) is 32.6 Å². The van der Waals surface area contributed by atoms with Gasteiger partial charge in [0.05, 0.1) is 25.5 Å². The number of piperidine rings is 1. The molecule has 4 rings (SSSR count). The lowest BCUT2D eigenvalue weighted by Crippen LogP contribution is -2.49. The van der Waals surface area contributed by atoms with Crippen molar-refractivity contribution in [1.82, 2.24) is 19.8 Å². The highest BCUT2D eigenvalue weighted by Gasteiger charge is 2.43. The second-order valence-corrected chi connectivity index (χ2v) is 8.56. The molecule has 3 heterocycles. The highest BCUT2D eigenvalue weighted by molar-refractivity contribution is 5.94. The number of carbonyl (C=O) groups is 2. The summed E-state index contributed by atoms with van der Waals surface area (Å²) in [5.41, 5.74) is -0.226. The van der Waals surface area contributed by atoms with Crippen LogP contribution in [0, 0.1) is 5.92 Å². The second-order valence-electron chi connectivity index (χ2n) is 8.56. The van der Waals surface area contributed by atoms with Crippen molar-refractivity contribution >= 4 is 17.8 Å². The molecule has 1 aliphatic carbocycles. The second kappa shape index (κ2) is 8.14. The molecular formula is C20H29N5O4. The number of rotatable bonds is 5. The topological polar surface area (TPSA) is 88.1 Å². The van der Waals surface area contributed by atoms with Gasteiger partial charge in [0.2, 0.25) is 11.8 Å². The summed E-state index contributed by atoms with van der Waals surface area (Å²) in [4.78, 5) is 38.4. The van der Waals surface area contributed by atoms with E-state index in [0.717, 1.165) is 32.2 Å². The van der Waals surface area contributed by atoms with Gasteiger partial charge in [-0.2, -0.15) is 0 Å². The lowest BCUT2D eigenvalue weighted by molar-refractivity contribution is -0.120. The fourth-order valence-corrected chi connectivity index (χ4v) is 3.60. The number of ether oxygens (including phenoxy) is 2. The minimum absolute atomic E-state index is 0.0303. The number of carbonyl (C=O) groups excluding carboxylic acids is 2. The third-order valence-electron chi connectivity index (χ3n) is 5.93. The van der Waals surface area contributed by atoms with Gasteiger partial charge in [-0.1, -0.05) is 0 Å². The number of likely N-dealkylation sites (tertiary alicyclic amines) is 1. The summed E-state index contributed by atoms with van der Waals surface area (Å²) < 4.78 is 11.3. The van der Waals surface area contributed by atoms with E-state index in [2.05, 4.69) is 9.97 Å². The number of anilines is 1. The van der Waals surface area contributed by atoms with Crippen molar-refractivity contribution in [2.75, 3.05) is 51.3 Å². The van der Waals surface area contributed by atoms with Crippen molar-refractivity contribution in [3.8, 4) is 5.88 Å². The molecule has 0 atom stereocenters. The molecule has 0 unspecified atom stereocenters. The van der Waals surface area contributed by atoms with Crippen LogP contribution in [0.4, 0.5) is 10.6 Å². The molecule has 9 nitrogen and oxygen atoms in total. The molecule has 29 heavy (non-hydrogen) atoms. The molecule has 9 heteroatoms. The zero-order valence-corrected chi connectivity index (χ0v) is 17.2. The monoisotopic (exact) mass is 403 g/mol. The maximum atomic E-state index is 12.2. The van der Waals surface area contributed by atoms with Crippen molar-refractivity contribution in [2.45, 2.75) is 38.2 Å². The molecule has 158 valence electrons. The fourth-order valence-electron chi connectivity index (χ4n) is 3.60. The molecule has 3 fully saturated rings. The molecule has 1 aromatic heterocycles. The number of amides is 2. The molecule has 0 N–H and O–H groups in total. The molecule has 1 aromatic rings. The lowest BCUT2D eigenvalue weighted by Gasteiger charge is -2.32. The number of piperazine rings is 1. The van der Waals surface area contributed by atoms with Crippen molar-refractivity contribution in [2.24, 2.45) is 5.92 Å². The van der Waals surface area contributed by atoms with E-state index in [1.165, 1.54) is 0 Å². The predicted molar refractivity (Wildman–Crippen MR) is 106 cm³/mol. The van der Waals surface area contributed by atoms with Gasteiger partial charge in [-0.25, -0.2) is 14.8 Å². The van der Waals surface area contributed by atoms with Crippen molar-refractivity contribution in [3.63, 3.8) is 0 Å². The molecule has 2 aliphatic heterocycles. The average molecular weight is 403 g/mol. The molecule has 3 aliphatic rings. The highest BCUT2D eigenvalue weighted by Crippen LogP contribution is 2.39. The van der Waals surface area contributed by atoms with Crippen LogP contribution >= 0.6 is 0 Å². The van der Waals surface area contributed by atoms with E-state index in [0.29, 0.717) is 50.4 Å². The van der Waals surface area contributed by atoms with Gasteiger partial charge in [0.1, 0.15) is 5.60 Å². The molecule has 0 radical (unpaired) electrons. The van der Waals surface area contributed by atoms with E-state index >= 15 is 0 Å². The van der Waals surface area contributed by atoms with E-state index in [-0.39, 0.29) is 17.6 Å². The number of nitrogens with zero attached hydrogens (tertiary/aromatic N) is 5. The Kier molecular flexibility index (Phi) is 5.58. The van der Waals surface area contributed by atoms with Gasteiger partial charge in [-0.3, -0.25) is 14.6 Å². The van der Waals surface area contributed by atoms with Crippen LogP contribution in [-0.4, -0.2) is 83.7 Å². The highest BCUT2D eigenvalue weighted by atomic mass is 16.6. The Morgan fingerprint density at radius 2 is 1.93 bits per heavy atom. The SMILES string of the molecule is CN1CCN(c2cnc(OCC3CCN(C(=O)OC4(C)CC4)CC3)cn2)C(=O)C1. The Morgan fingerprint density at radius 3 is 2.55 bits per heavy atom. The van der Waals surface area contributed by atoms with E-state index in [1.807, 2.05) is 18.9 Å². The largest absolute Gasteiger partial charge is 0.476 e. The number of hydrogen-bond acceptors (Lipinski definition) is 7. The summed E-state index contributed by atoms with van der Waals surface area (Å²) in [7, 11) is 1.93. The Hall–Kier alpha value is -2.42. The predicted octanol–water partition coefficient (Wildman–Crippen LogP) is 1.53. The van der Waals surface area contributed by atoms with Crippen LogP contribution in [0.2, 0.25) is 0 Å². The summed E-state index contributed by atoms with van der Waals surface area (Å²) in [5.74, 6) is 1.42. The summed E-state index contributed by atoms with van der Waals surface area (Å²) in [6.45, 7) is 5.74. The Labute approximate surface area is 171 Å². The van der Waals surface area contributed by atoms with Gasteiger partial charge < -0.3 is 14.4 Å². The Balaban J connectivity index is 1.21. The van der Waals surface area contributed by atoms with Crippen molar-refractivity contribution in [1.29, 1.82) is 0 Å². The smallest absolute Gasteiger partial charge is 0.410 e. The molecule has 2 amide bonds. The first-order chi connectivity index (χ1) is 13.9. The van der Waals surface area contributed by atoms with Gasteiger partial charge >= 0.3 is 6.09 Å². The number of likely N-dealkylation sites (N-methyl/N-ethyl adjacent to an activating group) is 1. The van der Waals surface area contributed by atoms with Gasteiger partial charge in [0.25, 0.3) is 0 Å². The van der Waals surface area contributed by atoms with Crippen LogP contribution in [0.15, 0.2) is 12.4 Å². The minimum atomic E-state index is -0.226. The maximum Gasteiger partial charge on any atom is 0.410 e. The van der Waals surface area contributed by atoms with Gasteiger partial charge in [-0.15, -0.1) is 0 Å². The third-order valence-corrected chi connectivity index (χ3v) is 5.93. The minimum Gasteiger partial charge on any atom is -0.476 e. The summed E-state index contributed by atoms with van der Waals surface area (Å²) in [5, 5.41) is 0. The first-order valence-corrected chi connectivity index (χ1v) is 10.3. The molecule has 2 saturated heterocycles. The van der Waals surface area contributed by atoms with Crippen LogP contribution in [0.5, 0.6) is 5.88 Å². The lowest BCUT2D eigenvalue weighted by atomic mass is 9.98. The van der Waals surface area contributed by atoms with Gasteiger partial charge in [-0.05, 0) is 45.6 Å². The van der Waals surface area contributed by atoms with Crippen LogP contribution in [0.25, 0.3) is 0 Å². The zero-order chi connectivity index (χ0) is 20.4. The average Bonchev–Trinajstić information content (AvgIpc) is 3.44. The maximum absolute atomic E-state index is 12.2. The summed E-state index contributed by atoms with van der Waals surface area (Å²) >= 11 is 0. The van der Waals surface area contributed by atoms with Crippen LogP contribution in [-0.2, 0) is 9.53 Å².